The van der Waals surface area contributed by atoms with Crippen molar-refractivity contribution in [1.82, 2.24) is 6.15 Å². The second-order valence-corrected chi connectivity index (χ2v) is 4.56. The van der Waals surface area contributed by atoms with Gasteiger partial charge in [0, 0.05) is 0 Å². The van der Waals surface area contributed by atoms with E-state index >= 15 is 0 Å². The van der Waals surface area contributed by atoms with Gasteiger partial charge in [-0.05, 0) is 17.5 Å². The van der Waals surface area contributed by atoms with Crippen molar-refractivity contribution in [2.24, 2.45) is 0 Å². The standard InChI is InChI=1S/C9H12O3S.H3N.Na.H/c1-7(2)8-5-3-4-6-9(8)13(10,11)12;;;/h3-7H,1-2H3,(H,10,11,12);1H3;;/q;;+1;-1. The molecule has 6 heteroatoms. The average molecular weight is 241 g/mol. The number of rotatable bonds is 2. The van der Waals surface area contributed by atoms with Gasteiger partial charge in [-0.25, -0.2) is 0 Å². The van der Waals surface area contributed by atoms with Crippen LogP contribution < -0.4 is 35.7 Å². The van der Waals surface area contributed by atoms with Gasteiger partial charge in [-0.1, -0.05) is 32.0 Å². The second-order valence-electron chi connectivity index (χ2n) is 3.17. The van der Waals surface area contributed by atoms with Crippen molar-refractivity contribution in [1.29, 1.82) is 0 Å². The summed E-state index contributed by atoms with van der Waals surface area (Å²) in [6.45, 7) is 3.76. The molecule has 0 saturated heterocycles. The van der Waals surface area contributed by atoms with Gasteiger partial charge in [0.2, 0.25) is 0 Å². The third-order valence-electron chi connectivity index (χ3n) is 1.82. The summed E-state index contributed by atoms with van der Waals surface area (Å²) in [5.41, 5.74) is 0.644. The molecule has 0 aliphatic heterocycles. The van der Waals surface area contributed by atoms with Crippen LogP contribution in [0.25, 0.3) is 0 Å². The molecule has 4 N–H and O–H groups in total. The summed E-state index contributed by atoms with van der Waals surface area (Å²) in [4.78, 5) is 0.00463. The van der Waals surface area contributed by atoms with E-state index in [9.17, 15) is 8.42 Å². The van der Waals surface area contributed by atoms with Crippen LogP contribution in [0.3, 0.4) is 0 Å². The molecule has 0 unspecified atom stereocenters. The fourth-order valence-electron chi connectivity index (χ4n) is 1.19. The molecule has 0 amide bonds. The van der Waals surface area contributed by atoms with Crippen molar-refractivity contribution in [3.63, 3.8) is 0 Å². The van der Waals surface area contributed by atoms with Gasteiger partial charge in [0.05, 0.1) is 4.90 Å². The molecule has 0 heterocycles. The smallest absolute Gasteiger partial charge is 1.00 e. The van der Waals surface area contributed by atoms with Crippen LogP contribution in [-0.4, -0.2) is 13.0 Å². The Morgan fingerprint density at radius 1 is 1.27 bits per heavy atom. The first-order valence-electron chi connectivity index (χ1n) is 3.99. The third-order valence-corrected chi connectivity index (χ3v) is 2.75. The van der Waals surface area contributed by atoms with E-state index in [2.05, 4.69) is 0 Å². The molecule has 0 saturated carbocycles. The second kappa shape index (κ2) is 6.62. The molecule has 82 valence electrons. The van der Waals surface area contributed by atoms with Gasteiger partial charge in [0.1, 0.15) is 0 Å². The van der Waals surface area contributed by atoms with Crippen LogP contribution in [0.15, 0.2) is 29.2 Å². The molecule has 0 aromatic heterocycles. The van der Waals surface area contributed by atoms with E-state index in [1.165, 1.54) is 6.07 Å². The van der Waals surface area contributed by atoms with E-state index in [0.29, 0.717) is 5.56 Å². The number of benzene rings is 1. The van der Waals surface area contributed by atoms with Crippen LogP contribution in [0.5, 0.6) is 0 Å². The predicted molar refractivity (Wildman–Crippen MR) is 56.5 cm³/mol. The van der Waals surface area contributed by atoms with Gasteiger partial charge < -0.3 is 7.58 Å². The predicted octanol–water partition coefficient (Wildman–Crippen LogP) is -0.665. The molecule has 0 aliphatic carbocycles. The summed E-state index contributed by atoms with van der Waals surface area (Å²) in [5, 5.41) is 0. The summed E-state index contributed by atoms with van der Waals surface area (Å²) in [6.07, 6.45) is 0. The maximum Gasteiger partial charge on any atom is 1.00 e. The van der Waals surface area contributed by atoms with Crippen molar-refractivity contribution >= 4 is 10.1 Å². The molecular formula is C9H16NNaO3S. The van der Waals surface area contributed by atoms with Crippen molar-refractivity contribution in [3.05, 3.63) is 29.8 Å². The van der Waals surface area contributed by atoms with E-state index in [0.717, 1.165) is 0 Å². The Bertz CT molecular complexity index is 409. The average Bonchev–Trinajstić information content (AvgIpc) is 2.03. The molecule has 0 fully saturated rings. The van der Waals surface area contributed by atoms with Crippen LogP contribution in [0.4, 0.5) is 0 Å². The van der Waals surface area contributed by atoms with Gasteiger partial charge >= 0.3 is 29.6 Å². The number of hydrogen-bond acceptors (Lipinski definition) is 3. The molecule has 0 radical (unpaired) electrons. The molecule has 1 aromatic carbocycles. The zero-order valence-corrected chi connectivity index (χ0v) is 12.1. The van der Waals surface area contributed by atoms with Crippen molar-refractivity contribution < 1.29 is 44.0 Å². The molecule has 15 heavy (non-hydrogen) atoms. The number of hydrogen-bond donors (Lipinski definition) is 2. The van der Waals surface area contributed by atoms with E-state index in [4.69, 9.17) is 4.55 Å². The van der Waals surface area contributed by atoms with Crippen molar-refractivity contribution in [3.8, 4) is 0 Å². The SMILES string of the molecule is CC(C)c1ccccc1S(=O)(=O)O.N.[H-].[Na+]. The molecule has 0 atom stereocenters. The van der Waals surface area contributed by atoms with Crippen LogP contribution >= 0.6 is 0 Å². The first-order chi connectivity index (χ1) is 5.93. The zero-order valence-electron chi connectivity index (χ0n) is 10.3. The first-order valence-corrected chi connectivity index (χ1v) is 5.43. The van der Waals surface area contributed by atoms with E-state index in [1.807, 2.05) is 13.8 Å². The van der Waals surface area contributed by atoms with Crippen LogP contribution in [0.2, 0.25) is 0 Å². The van der Waals surface area contributed by atoms with Gasteiger partial charge in [-0.15, -0.1) is 0 Å². The minimum Gasteiger partial charge on any atom is -1.00 e. The third kappa shape index (κ3) is 4.63. The first kappa shape index (κ1) is 17.5. The maximum absolute atomic E-state index is 10.9. The summed E-state index contributed by atoms with van der Waals surface area (Å²) in [6, 6.07) is 6.46. The van der Waals surface area contributed by atoms with E-state index < -0.39 is 10.1 Å². The largest absolute Gasteiger partial charge is 1.00 e. The molecule has 1 rings (SSSR count). The quantitative estimate of drug-likeness (QED) is 0.531. The Labute approximate surface area is 114 Å². The van der Waals surface area contributed by atoms with Crippen LogP contribution in [0.1, 0.15) is 26.8 Å². The summed E-state index contributed by atoms with van der Waals surface area (Å²) < 4.78 is 30.7. The summed E-state index contributed by atoms with van der Waals surface area (Å²) in [5.74, 6) is 0.0816. The minimum atomic E-state index is -4.08. The maximum atomic E-state index is 10.9. The fraction of sp³-hybridized carbons (Fsp3) is 0.333. The Balaban J connectivity index is -0.000000563. The monoisotopic (exact) mass is 241 g/mol. The Morgan fingerprint density at radius 2 is 1.73 bits per heavy atom. The zero-order chi connectivity index (χ0) is 10.1. The van der Waals surface area contributed by atoms with Gasteiger partial charge in [0.25, 0.3) is 10.1 Å². The fourth-order valence-corrected chi connectivity index (χ4v) is 2.04. The molecule has 0 aliphatic rings. The summed E-state index contributed by atoms with van der Waals surface area (Å²) >= 11 is 0. The Morgan fingerprint density at radius 3 is 2.07 bits per heavy atom. The molecular weight excluding hydrogens is 225 g/mol. The normalized spacial score (nSPS) is 10.4. The topological polar surface area (TPSA) is 89.4 Å². The van der Waals surface area contributed by atoms with Gasteiger partial charge in [0.15, 0.2) is 0 Å². The van der Waals surface area contributed by atoms with Gasteiger partial charge in [-0.2, -0.15) is 8.42 Å². The Kier molecular flexibility index (Phi) is 7.72. The van der Waals surface area contributed by atoms with E-state index in [-0.39, 0.29) is 47.9 Å². The summed E-state index contributed by atoms with van der Waals surface area (Å²) in [7, 11) is -4.08. The molecule has 0 spiro atoms. The molecule has 4 nitrogen and oxygen atoms in total. The van der Waals surface area contributed by atoms with Gasteiger partial charge in [-0.3, -0.25) is 4.55 Å². The van der Waals surface area contributed by atoms with Crippen LogP contribution in [0, 0.1) is 0 Å². The Hall–Kier alpha value is 0.0900. The molecule has 0 bridgehead atoms. The van der Waals surface area contributed by atoms with Crippen molar-refractivity contribution in [2.45, 2.75) is 24.7 Å². The van der Waals surface area contributed by atoms with E-state index in [1.54, 1.807) is 18.2 Å². The van der Waals surface area contributed by atoms with Crippen LogP contribution in [-0.2, 0) is 10.1 Å². The molecule has 1 aromatic rings. The minimum absolute atomic E-state index is 0. The van der Waals surface area contributed by atoms with Crippen molar-refractivity contribution in [2.75, 3.05) is 0 Å².